The first-order valence-corrected chi connectivity index (χ1v) is 7.22. The Labute approximate surface area is 129 Å². The minimum Gasteiger partial charge on any atom is -0.274 e. The van der Waals surface area contributed by atoms with Gasteiger partial charge in [-0.05, 0) is 18.6 Å². The Balaban J connectivity index is 2.14. The smallest absolute Gasteiger partial charge is 0.235 e. The van der Waals surface area contributed by atoms with Crippen molar-refractivity contribution in [2.75, 3.05) is 0 Å². The molecule has 1 fully saturated rings. The SMILES string of the molecule is Cc1ccccc1N=C(c1ccccc1)N1C(=O)CCC1=O. The molecule has 0 aromatic heterocycles. The average Bonchev–Trinajstić information content (AvgIpc) is 2.87. The Bertz CT molecular complexity index is 735. The number of para-hydroxylation sites is 1. The highest BCUT2D eigenvalue weighted by Crippen LogP contribution is 2.23. The summed E-state index contributed by atoms with van der Waals surface area (Å²) < 4.78 is 0. The van der Waals surface area contributed by atoms with E-state index in [0.29, 0.717) is 5.84 Å². The van der Waals surface area contributed by atoms with Crippen molar-refractivity contribution < 1.29 is 9.59 Å². The van der Waals surface area contributed by atoms with Gasteiger partial charge in [-0.1, -0.05) is 48.5 Å². The lowest BCUT2D eigenvalue weighted by atomic mass is 10.1. The zero-order valence-corrected chi connectivity index (χ0v) is 12.3. The molecule has 0 atom stereocenters. The fraction of sp³-hybridized carbons (Fsp3) is 0.167. The van der Waals surface area contributed by atoms with Crippen LogP contribution < -0.4 is 0 Å². The summed E-state index contributed by atoms with van der Waals surface area (Å²) in [6.45, 7) is 1.95. The lowest BCUT2D eigenvalue weighted by Crippen LogP contribution is -2.36. The maximum atomic E-state index is 12.1. The molecular weight excluding hydrogens is 276 g/mol. The van der Waals surface area contributed by atoms with Gasteiger partial charge in [-0.25, -0.2) is 9.89 Å². The van der Waals surface area contributed by atoms with E-state index in [2.05, 4.69) is 4.99 Å². The molecule has 0 unspecified atom stereocenters. The molecular formula is C18H16N2O2. The monoisotopic (exact) mass is 292 g/mol. The van der Waals surface area contributed by atoms with Gasteiger partial charge in [-0.2, -0.15) is 0 Å². The number of aryl methyl sites for hydroxylation is 1. The number of imide groups is 1. The molecule has 110 valence electrons. The summed E-state index contributed by atoms with van der Waals surface area (Å²) in [6, 6.07) is 17.0. The van der Waals surface area contributed by atoms with E-state index in [1.165, 1.54) is 4.90 Å². The Morgan fingerprint density at radius 2 is 1.50 bits per heavy atom. The van der Waals surface area contributed by atoms with E-state index < -0.39 is 0 Å². The van der Waals surface area contributed by atoms with E-state index in [1.54, 1.807) is 0 Å². The first-order chi connectivity index (χ1) is 10.7. The van der Waals surface area contributed by atoms with Crippen LogP contribution in [0.2, 0.25) is 0 Å². The van der Waals surface area contributed by atoms with E-state index in [1.807, 2.05) is 61.5 Å². The number of nitrogens with zero attached hydrogens (tertiary/aromatic N) is 2. The first kappa shape index (κ1) is 14.2. The molecule has 0 saturated carbocycles. The number of rotatable bonds is 2. The number of carbonyl (C=O) groups excluding carboxylic acids is 2. The van der Waals surface area contributed by atoms with Crippen molar-refractivity contribution in [1.82, 2.24) is 4.90 Å². The zero-order valence-electron chi connectivity index (χ0n) is 12.3. The van der Waals surface area contributed by atoms with E-state index in [0.717, 1.165) is 16.8 Å². The summed E-state index contributed by atoms with van der Waals surface area (Å²) in [7, 11) is 0. The summed E-state index contributed by atoms with van der Waals surface area (Å²) in [5, 5.41) is 0. The molecule has 1 aliphatic heterocycles. The lowest BCUT2D eigenvalue weighted by Gasteiger charge is -2.17. The number of amides is 2. The largest absolute Gasteiger partial charge is 0.274 e. The number of carbonyl (C=O) groups is 2. The highest BCUT2D eigenvalue weighted by Gasteiger charge is 2.33. The molecule has 4 heteroatoms. The third kappa shape index (κ3) is 2.68. The van der Waals surface area contributed by atoms with Gasteiger partial charge in [-0.15, -0.1) is 0 Å². The normalized spacial score (nSPS) is 15.5. The Hall–Kier alpha value is -2.75. The maximum absolute atomic E-state index is 12.1. The van der Waals surface area contributed by atoms with Gasteiger partial charge >= 0.3 is 0 Å². The highest BCUT2D eigenvalue weighted by molar-refractivity contribution is 6.22. The molecule has 1 heterocycles. The Morgan fingerprint density at radius 1 is 0.909 bits per heavy atom. The predicted molar refractivity (Wildman–Crippen MR) is 84.9 cm³/mol. The van der Waals surface area contributed by atoms with Gasteiger partial charge in [0.15, 0.2) is 0 Å². The van der Waals surface area contributed by atoms with E-state index in [-0.39, 0.29) is 24.7 Å². The lowest BCUT2D eigenvalue weighted by molar-refractivity contribution is -0.133. The fourth-order valence-electron chi connectivity index (χ4n) is 2.45. The summed E-state index contributed by atoms with van der Waals surface area (Å²) in [4.78, 5) is 30.0. The van der Waals surface area contributed by atoms with Crippen molar-refractivity contribution in [2.45, 2.75) is 19.8 Å². The molecule has 0 radical (unpaired) electrons. The fourth-order valence-corrected chi connectivity index (χ4v) is 2.45. The maximum Gasteiger partial charge on any atom is 0.235 e. The summed E-state index contributed by atoms with van der Waals surface area (Å²) in [5.74, 6) is 0.0183. The van der Waals surface area contributed by atoms with Gasteiger partial charge in [-0.3, -0.25) is 9.59 Å². The van der Waals surface area contributed by atoms with Crippen LogP contribution in [-0.2, 0) is 9.59 Å². The highest BCUT2D eigenvalue weighted by atomic mass is 16.2. The molecule has 4 nitrogen and oxygen atoms in total. The number of hydrogen-bond acceptors (Lipinski definition) is 3. The molecule has 0 spiro atoms. The van der Waals surface area contributed by atoms with E-state index in [9.17, 15) is 9.59 Å². The van der Waals surface area contributed by atoms with Crippen LogP contribution in [0.3, 0.4) is 0 Å². The second kappa shape index (κ2) is 5.93. The van der Waals surface area contributed by atoms with Crippen molar-refractivity contribution in [1.29, 1.82) is 0 Å². The van der Waals surface area contributed by atoms with Crippen LogP contribution in [0.1, 0.15) is 24.0 Å². The third-order valence-corrected chi connectivity index (χ3v) is 3.64. The minimum absolute atomic E-state index is 0.193. The molecule has 2 aromatic rings. The molecule has 0 aliphatic carbocycles. The summed E-state index contributed by atoms with van der Waals surface area (Å²) in [6.07, 6.45) is 0.497. The van der Waals surface area contributed by atoms with Crippen LogP contribution in [-0.4, -0.2) is 22.5 Å². The first-order valence-electron chi connectivity index (χ1n) is 7.22. The van der Waals surface area contributed by atoms with Crippen LogP contribution in [0.4, 0.5) is 5.69 Å². The van der Waals surface area contributed by atoms with E-state index in [4.69, 9.17) is 0 Å². The number of amidine groups is 1. The topological polar surface area (TPSA) is 49.7 Å². The summed E-state index contributed by atoms with van der Waals surface area (Å²) >= 11 is 0. The van der Waals surface area contributed by atoms with Crippen molar-refractivity contribution in [2.24, 2.45) is 4.99 Å². The Kier molecular flexibility index (Phi) is 3.83. The molecule has 1 aliphatic rings. The predicted octanol–water partition coefficient (Wildman–Crippen LogP) is 3.22. The molecule has 2 amide bonds. The van der Waals surface area contributed by atoms with E-state index >= 15 is 0 Å². The number of likely N-dealkylation sites (tertiary alicyclic amines) is 1. The van der Waals surface area contributed by atoms with Crippen LogP contribution in [0.15, 0.2) is 59.6 Å². The number of aliphatic imine (C=N–C) groups is 1. The van der Waals surface area contributed by atoms with Gasteiger partial charge in [0, 0.05) is 18.4 Å². The van der Waals surface area contributed by atoms with Crippen molar-refractivity contribution in [3.63, 3.8) is 0 Å². The molecule has 3 rings (SSSR count). The molecule has 2 aromatic carbocycles. The minimum atomic E-state index is -0.193. The zero-order chi connectivity index (χ0) is 15.5. The van der Waals surface area contributed by atoms with Crippen molar-refractivity contribution >= 4 is 23.3 Å². The van der Waals surface area contributed by atoms with Crippen LogP contribution >= 0.6 is 0 Å². The second-order valence-electron chi connectivity index (χ2n) is 5.21. The van der Waals surface area contributed by atoms with Gasteiger partial charge in [0.25, 0.3) is 0 Å². The standard InChI is InChI=1S/C18H16N2O2/c1-13-7-5-6-10-15(13)19-18(14-8-3-2-4-9-14)20-16(21)11-12-17(20)22/h2-10H,11-12H2,1H3. The number of hydrogen-bond donors (Lipinski definition) is 0. The van der Waals surface area contributed by atoms with Gasteiger partial charge < -0.3 is 0 Å². The van der Waals surface area contributed by atoms with Crippen LogP contribution in [0.25, 0.3) is 0 Å². The van der Waals surface area contributed by atoms with Gasteiger partial charge in [0.1, 0.15) is 5.84 Å². The molecule has 0 bridgehead atoms. The molecule has 0 N–H and O–H groups in total. The molecule has 1 saturated heterocycles. The number of benzene rings is 2. The van der Waals surface area contributed by atoms with Gasteiger partial charge in [0.2, 0.25) is 11.8 Å². The third-order valence-electron chi connectivity index (χ3n) is 3.64. The van der Waals surface area contributed by atoms with Gasteiger partial charge in [0.05, 0.1) is 5.69 Å². The second-order valence-corrected chi connectivity index (χ2v) is 5.21. The average molecular weight is 292 g/mol. The van der Waals surface area contributed by atoms with Crippen molar-refractivity contribution in [3.8, 4) is 0 Å². The summed E-state index contributed by atoms with van der Waals surface area (Å²) in [5.41, 5.74) is 2.51. The van der Waals surface area contributed by atoms with Crippen molar-refractivity contribution in [3.05, 3.63) is 65.7 Å². The Morgan fingerprint density at radius 3 is 2.14 bits per heavy atom. The molecule has 22 heavy (non-hydrogen) atoms. The van der Waals surface area contributed by atoms with Crippen LogP contribution in [0.5, 0.6) is 0 Å². The quantitative estimate of drug-likeness (QED) is 0.485. The van der Waals surface area contributed by atoms with Crippen LogP contribution in [0, 0.1) is 6.92 Å².